The molecule has 106 valence electrons. The van der Waals surface area contributed by atoms with Crippen LogP contribution in [0.25, 0.3) is 4.96 Å². The second kappa shape index (κ2) is 7.28. The van der Waals surface area contributed by atoms with E-state index in [1.165, 1.54) is 10.6 Å². The number of hydrogen-bond donors (Lipinski definition) is 2. The van der Waals surface area contributed by atoms with Gasteiger partial charge in [-0.2, -0.15) is 11.8 Å². The number of nitrogens with one attached hydrogen (secondary N) is 1. The van der Waals surface area contributed by atoms with Crippen LogP contribution in [0.2, 0.25) is 0 Å². The summed E-state index contributed by atoms with van der Waals surface area (Å²) in [5.41, 5.74) is 2.38. The van der Waals surface area contributed by atoms with Crippen LogP contribution in [0.5, 0.6) is 0 Å². The fraction of sp³-hybridized carbons (Fsp3) is 0.615. The van der Waals surface area contributed by atoms with Crippen molar-refractivity contribution in [2.24, 2.45) is 0 Å². The van der Waals surface area contributed by atoms with Crippen LogP contribution < -0.4 is 5.32 Å². The van der Waals surface area contributed by atoms with E-state index in [9.17, 15) is 0 Å². The number of aryl methyl sites for hydroxylation is 2. The van der Waals surface area contributed by atoms with Crippen LogP contribution in [-0.4, -0.2) is 39.1 Å². The van der Waals surface area contributed by atoms with Crippen LogP contribution >= 0.6 is 23.1 Å². The monoisotopic (exact) mass is 299 g/mol. The third-order valence-electron chi connectivity index (χ3n) is 2.90. The maximum atomic E-state index is 8.69. The summed E-state index contributed by atoms with van der Waals surface area (Å²) in [5.74, 6) is 2.13. The molecule has 0 saturated carbocycles. The normalized spacial score (nSPS) is 11.5. The van der Waals surface area contributed by atoms with Crippen molar-refractivity contribution in [3.8, 4) is 0 Å². The van der Waals surface area contributed by atoms with Gasteiger partial charge in [-0.1, -0.05) is 0 Å². The number of thiazole rings is 1. The van der Waals surface area contributed by atoms with Crippen molar-refractivity contribution in [2.45, 2.75) is 26.8 Å². The maximum Gasteiger partial charge on any atom is 0.194 e. The summed E-state index contributed by atoms with van der Waals surface area (Å²) < 4.78 is 2.20. The number of nitrogens with zero attached hydrogens (tertiary/aromatic N) is 2. The summed E-state index contributed by atoms with van der Waals surface area (Å²) in [6, 6.07) is 0. The quantitative estimate of drug-likeness (QED) is 0.734. The zero-order chi connectivity index (χ0) is 13.7. The lowest BCUT2D eigenvalue weighted by Gasteiger charge is -2.05. The molecule has 6 heteroatoms. The van der Waals surface area contributed by atoms with Gasteiger partial charge in [-0.15, -0.1) is 11.3 Å². The Hall–Kier alpha value is -0.560. The Labute approximate surface area is 122 Å². The molecule has 0 bridgehead atoms. The number of rotatable bonds is 8. The number of hydrogen-bond acceptors (Lipinski definition) is 5. The number of thioether (sulfide) groups is 1. The zero-order valence-corrected chi connectivity index (χ0v) is 13.1. The van der Waals surface area contributed by atoms with E-state index in [0.717, 1.165) is 41.7 Å². The number of imidazole rings is 1. The molecule has 19 heavy (non-hydrogen) atoms. The molecule has 0 amide bonds. The topological polar surface area (TPSA) is 49.6 Å². The molecule has 0 radical (unpaired) electrons. The van der Waals surface area contributed by atoms with Crippen molar-refractivity contribution in [3.05, 3.63) is 22.5 Å². The van der Waals surface area contributed by atoms with E-state index in [1.54, 1.807) is 11.3 Å². The molecular formula is C13H21N3OS2. The van der Waals surface area contributed by atoms with Crippen molar-refractivity contribution in [2.75, 3.05) is 24.7 Å². The minimum Gasteiger partial charge on any atom is -0.396 e. The largest absolute Gasteiger partial charge is 0.396 e. The predicted octanol–water partition coefficient (Wildman–Crippen LogP) is 2.22. The van der Waals surface area contributed by atoms with Crippen LogP contribution in [0, 0.1) is 13.8 Å². The third-order valence-corrected chi connectivity index (χ3v) is 4.87. The summed E-state index contributed by atoms with van der Waals surface area (Å²) >= 11 is 3.62. The SMILES string of the molecule is Cc1cn2c(CNCCSCCCO)c(C)nc2s1. The van der Waals surface area contributed by atoms with Gasteiger partial charge in [0.2, 0.25) is 0 Å². The lowest BCUT2D eigenvalue weighted by molar-refractivity contribution is 0.296. The summed E-state index contributed by atoms with van der Waals surface area (Å²) in [6.07, 6.45) is 3.05. The molecule has 2 heterocycles. The minimum atomic E-state index is 0.297. The first kappa shape index (κ1) is 14.8. The lowest BCUT2D eigenvalue weighted by atomic mass is 10.3. The molecule has 0 aliphatic rings. The van der Waals surface area contributed by atoms with Crippen molar-refractivity contribution in [3.63, 3.8) is 0 Å². The van der Waals surface area contributed by atoms with Crippen LogP contribution in [0.1, 0.15) is 22.7 Å². The van der Waals surface area contributed by atoms with Crippen molar-refractivity contribution in [1.82, 2.24) is 14.7 Å². The van der Waals surface area contributed by atoms with Crippen molar-refractivity contribution < 1.29 is 5.11 Å². The molecule has 2 N–H and O–H groups in total. The summed E-state index contributed by atoms with van der Waals surface area (Å²) in [5, 5.41) is 12.2. The van der Waals surface area contributed by atoms with Gasteiger partial charge in [-0.3, -0.25) is 4.40 Å². The number of fused-ring (bicyclic) bond motifs is 1. The van der Waals surface area contributed by atoms with Gasteiger partial charge >= 0.3 is 0 Å². The molecule has 0 aromatic carbocycles. The van der Waals surface area contributed by atoms with Crippen LogP contribution in [0.3, 0.4) is 0 Å². The zero-order valence-electron chi connectivity index (χ0n) is 11.5. The van der Waals surface area contributed by atoms with E-state index < -0.39 is 0 Å². The first-order valence-corrected chi connectivity index (χ1v) is 8.52. The average molecular weight is 299 g/mol. The molecule has 2 aromatic rings. The van der Waals surface area contributed by atoms with E-state index in [0.29, 0.717) is 6.61 Å². The Morgan fingerprint density at radius 1 is 1.42 bits per heavy atom. The summed E-state index contributed by atoms with van der Waals surface area (Å²) in [7, 11) is 0. The first-order chi connectivity index (χ1) is 9.22. The number of aliphatic hydroxyl groups is 1. The van der Waals surface area contributed by atoms with E-state index in [1.807, 2.05) is 11.8 Å². The molecule has 0 aliphatic carbocycles. The molecule has 0 atom stereocenters. The Bertz CT molecular complexity index is 521. The smallest absolute Gasteiger partial charge is 0.194 e. The molecule has 0 aliphatic heterocycles. The summed E-state index contributed by atoms with van der Waals surface area (Å²) in [4.78, 5) is 6.96. The Morgan fingerprint density at radius 2 is 2.26 bits per heavy atom. The Balaban J connectivity index is 1.79. The Kier molecular flexibility index (Phi) is 5.69. The highest BCUT2D eigenvalue weighted by Gasteiger charge is 2.10. The van der Waals surface area contributed by atoms with E-state index >= 15 is 0 Å². The van der Waals surface area contributed by atoms with Gasteiger partial charge in [-0.05, 0) is 26.0 Å². The van der Waals surface area contributed by atoms with Crippen molar-refractivity contribution >= 4 is 28.1 Å². The standard InChI is InChI=1S/C13H21N3OS2/c1-10-9-16-12(11(2)15-13(16)19-10)8-14-4-7-18-6-3-5-17/h9,14,17H,3-8H2,1-2H3. The van der Waals surface area contributed by atoms with Crippen LogP contribution in [-0.2, 0) is 6.54 Å². The van der Waals surface area contributed by atoms with Crippen LogP contribution in [0.4, 0.5) is 0 Å². The molecule has 0 spiro atoms. The number of aliphatic hydroxyl groups excluding tert-OH is 1. The fourth-order valence-electron chi connectivity index (χ4n) is 1.94. The molecule has 0 unspecified atom stereocenters. The van der Waals surface area contributed by atoms with Gasteiger partial charge in [0.05, 0.1) is 11.4 Å². The van der Waals surface area contributed by atoms with Gasteiger partial charge < -0.3 is 10.4 Å². The second-order valence-corrected chi connectivity index (χ2v) is 6.94. The van der Waals surface area contributed by atoms with Gasteiger partial charge in [0.25, 0.3) is 0 Å². The van der Waals surface area contributed by atoms with Gasteiger partial charge in [-0.25, -0.2) is 4.98 Å². The molecular weight excluding hydrogens is 278 g/mol. The molecule has 4 nitrogen and oxygen atoms in total. The third kappa shape index (κ3) is 3.95. The van der Waals surface area contributed by atoms with Gasteiger partial charge in [0, 0.05) is 36.5 Å². The summed E-state index contributed by atoms with van der Waals surface area (Å²) in [6.45, 7) is 6.34. The molecule has 0 saturated heterocycles. The molecule has 2 aromatic heterocycles. The fourth-order valence-corrected chi connectivity index (χ4v) is 3.66. The van der Waals surface area contributed by atoms with Crippen LogP contribution in [0.15, 0.2) is 6.20 Å². The first-order valence-electron chi connectivity index (χ1n) is 6.55. The number of aromatic nitrogens is 2. The predicted molar refractivity (Wildman–Crippen MR) is 83.3 cm³/mol. The van der Waals surface area contributed by atoms with E-state index in [-0.39, 0.29) is 0 Å². The highest BCUT2D eigenvalue weighted by atomic mass is 32.2. The van der Waals surface area contributed by atoms with Gasteiger partial charge in [0.15, 0.2) is 4.96 Å². The Morgan fingerprint density at radius 3 is 3.05 bits per heavy atom. The molecule has 2 rings (SSSR count). The highest BCUT2D eigenvalue weighted by Crippen LogP contribution is 2.20. The van der Waals surface area contributed by atoms with Crippen molar-refractivity contribution in [1.29, 1.82) is 0 Å². The highest BCUT2D eigenvalue weighted by molar-refractivity contribution is 7.99. The second-order valence-electron chi connectivity index (χ2n) is 4.50. The van der Waals surface area contributed by atoms with E-state index in [4.69, 9.17) is 5.11 Å². The molecule has 0 fully saturated rings. The van der Waals surface area contributed by atoms with Gasteiger partial charge in [0.1, 0.15) is 0 Å². The minimum absolute atomic E-state index is 0.297. The average Bonchev–Trinajstić information content (AvgIpc) is 2.85. The lowest BCUT2D eigenvalue weighted by Crippen LogP contribution is -2.18. The maximum absolute atomic E-state index is 8.69. The van der Waals surface area contributed by atoms with E-state index in [2.05, 4.69) is 34.7 Å².